The number of rotatable bonds is 7. The molecule has 14 heteroatoms. The van der Waals surface area contributed by atoms with Crippen molar-refractivity contribution >= 4 is 24.9 Å². The molecule has 0 atom stereocenters. The highest BCUT2D eigenvalue weighted by molar-refractivity contribution is 5.84. The van der Waals surface area contributed by atoms with E-state index in [1.54, 1.807) is 13.8 Å². The highest BCUT2D eigenvalue weighted by Crippen LogP contribution is 2.29. The Labute approximate surface area is 262 Å². The second kappa shape index (κ2) is 15.9. The van der Waals surface area contributed by atoms with Crippen LogP contribution in [0.3, 0.4) is 0 Å². The second-order valence-electron chi connectivity index (χ2n) is 9.69. The van der Waals surface area contributed by atoms with Crippen molar-refractivity contribution < 1.29 is 43.9 Å². The summed E-state index contributed by atoms with van der Waals surface area (Å²) in [4.78, 5) is 0. The van der Waals surface area contributed by atoms with Crippen LogP contribution in [0, 0.1) is 30.2 Å². The zero-order valence-corrected chi connectivity index (χ0v) is 24.5. The van der Waals surface area contributed by atoms with E-state index in [0.717, 1.165) is 48.8 Å². The maximum absolute atomic E-state index is 13.7. The first-order valence-electron chi connectivity index (χ1n) is 13.5. The molecule has 0 aliphatic carbocycles. The van der Waals surface area contributed by atoms with E-state index in [4.69, 9.17) is 0 Å². The van der Waals surface area contributed by atoms with Crippen molar-refractivity contribution in [3.63, 3.8) is 0 Å². The summed E-state index contributed by atoms with van der Waals surface area (Å²) in [6, 6.07) is 13.3. The zero-order valence-electron chi connectivity index (χ0n) is 24.5. The molecule has 0 bridgehead atoms. The van der Waals surface area contributed by atoms with Crippen LogP contribution in [0.15, 0.2) is 93.2 Å². The van der Waals surface area contributed by atoms with E-state index in [0.29, 0.717) is 28.7 Å². The first kappa shape index (κ1) is 36.3. The second-order valence-corrected chi connectivity index (χ2v) is 9.69. The SMILES string of the molecule is CCc1cc(F)c(C=NN=Cc2ccc(C(F)(F)F)cc2)c(F)c1.Cc1cc(F)c(C=NN=Cc2ccc(C(F)(F)F)cc2)c(F)c1. The number of aryl methyl sites for hydroxylation is 2. The third-order valence-corrected chi connectivity index (χ3v) is 6.17. The number of benzene rings is 4. The van der Waals surface area contributed by atoms with Gasteiger partial charge in [-0.25, -0.2) is 17.6 Å². The molecule has 0 radical (unpaired) electrons. The molecule has 0 saturated heterocycles. The molecule has 0 unspecified atom stereocenters. The van der Waals surface area contributed by atoms with Gasteiger partial charge in [0.2, 0.25) is 0 Å². The van der Waals surface area contributed by atoms with Crippen LogP contribution in [-0.2, 0) is 18.8 Å². The van der Waals surface area contributed by atoms with Crippen LogP contribution in [0.5, 0.6) is 0 Å². The fraction of sp³-hybridized carbons (Fsp3) is 0.152. The topological polar surface area (TPSA) is 49.4 Å². The van der Waals surface area contributed by atoms with Crippen LogP contribution in [-0.4, -0.2) is 24.9 Å². The minimum atomic E-state index is -4.41. The third kappa shape index (κ3) is 11.0. The number of halogens is 10. The first-order chi connectivity index (χ1) is 22.1. The van der Waals surface area contributed by atoms with Crippen LogP contribution in [0.25, 0.3) is 0 Å². The molecule has 0 spiro atoms. The smallest absolute Gasteiger partial charge is 0.206 e. The summed E-state index contributed by atoms with van der Waals surface area (Å²) in [7, 11) is 0. The number of nitrogens with zero attached hydrogens (tertiary/aromatic N) is 4. The molecule has 4 aromatic rings. The molecule has 4 rings (SSSR count). The lowest BCUT2D eigenvalue weighted by Crippen LogP contribution is -2.04. The molecule has 0 aromatic heterocycles. The van der Waals surface area contributed by atoms with Gasteiger partial charge in [-0.05, 0) is 84.1 Å². The molecular formula is C33H24F10N4. The van der Waals surface area contributed by atoms with Crippen molar-refractivity contribution in [1.82, 2.24) is 0 Å². The van der Waals surface area contributed by atoms with Gasteiger partial charge in [-0.15, -0.1) is 0 Å². The van der Waals surface area contributed by atoms with Gasteiger partial charge in [-0.3, -0.25) is 0 Å². The molecule has 0 aliphatic heterocycles. The van der Waals surface area contributed by atoms with Gasteiger partial charge >= 0.3 is 12.4 Å². The first-order valence-corrected chi connectivity index (χ1v) is 13.5. The van der Waals surface area contributed by atoms with Crippen LogP contribution in [0.4, 0.5) is 43.9 Å². The molecular weight excluding hydrogens is 642 g/mol. The van der Waals surface area contributed by atoms with E-state index in [1.807, 2.05) is 0 Å². The molecule has 4 aromatic carbocycles. The van der Waals surface area contributed by atoms with Crippen LogP contribution < -0.4 is 0 Å². The Kier molecular flexibility index (Phi) is 12.3. The molecule has 0 saturated carbocycles. The predicted molar refractivity (Wildman–Crippen MR) is 160 cm³/mol. The van der Waals surface area contributed by atoms with E-state index >= 15 is 0 Å². The van der Waals surface area contributed by atoms with Crippen molar-refractivity contribution in [3.05, 3.63) is 141 Å². The summed E-state index contributed by atoms with van der Waals surface area (Å²) in [6.07, 6.45) is -4.12. The molecule has 0 heterocycles. The maximum atomic E-state index is 13.7. The van der Waals surface area contributed by atoms with Gasteiger partial charge < -0.3 is 0 Å². The van der Waals surface area contributed by atoms with E-state index in [-0.39, 0.29) is 11.1 Å². The molecule has 246 valence electrons. The predicted octanol–water partition coefficient (Wildman–Crippen LogP) is 9.74. The normalized spacial score (nSPS) is 12.4. The van der Waals surface area contributed by atoms with Gasteiger partial charge in [0.25, 0.3) is 0 Å². The summed E-state index contributed by atoms with van der Waals surface area (Å²) in [5, 5.41) is 14.2. The maximum Gasteiger partial charge on any atom is 0.416 e. The minimum absolute atomic E-state index is 0.322. The van der Waals surface area contributed by atoms with Gasteiger partial charge in [0.05, 0.1) is 47.1 Å². The summed E-state index contributed by atoms with van der Waals surface area (Å²) in [5.74, 6) is -3.03. The fourth-order valence-electron chi connectivity index (χ4n) is 3.70. The highest BCUT2D eigenvalue weighted by atomic mass is 19.4. The van der Waals surface area contributed by atoms with Crippen LogP contribution >= 0.6 is 0 Å². The van der Waals surface area contributed by atoms with Gasteiger partial charge in [-0.2, -0.15) is 46.7 Å². The van der Waals surface area contributed by atoms with E-state index in [9.17, 15) is 43.9 Å². The van der Waals surface area contributed by atoms with Crippen LogP contribution in [0.2, 0.25) is 0 Å². The number of hydrogen-bond acceptors (Lipinski definition) is 4. The lowest BCUT2D eigenvalue weighted by atomic mass is 10.1. The Hall–Kier alpha value is -5.14. The van der Waals surface area contributed by atoms with Crippen molar-refractivity contribution in [3.8, 4) is 0 Å². The fourth-order valence-corrected chi connectivity index (χ4v) is 3.70. The summed E-state index contributed by atoms with van der Waals surface area (Å²) in [6.45, 7) is 3.33. The lowest BCUT2D eigenvalue weighted by molar-refractivity contribution is -0.138. The Morgan fingerprint density at radius 1 is 0.511 bits per heavy atom. The number of alkyl halides is 6. The van der Waals surface area contributed by atoms with Crippen molar-refractivity contribution in [1.29, 1.82) is 0 Å². The Morgan fingerprint density at radius 2 is 0.830 bits per heavy atom. The largest absolute Gasteiger partial charge is 0.416 e. The standard InChI is InChI=1S/C17H13F5N2.C16H11F5N2/c1-2-11-7-15(18)14(16(19)8-11)10-24-23-9-12-3-5-13(6-4-12)17(20,21)22;1-10-6-14(17)13(15(18)7-10)9-23-22-8-11-2-4-12(5-3-11)16(19,20)21/h3-10H,2H2,1H3;2-9H,1H3. The van der Waals surface area contributed by atoms with Gasteiger partial charge in [-0.1, -0.05) is 31.2 Å². The van der Waals surface area contributed by atoms with Gasteiger partial charge in [0.1, 0.15) is 23.3 Å². The van der Waals surface area contributed by atoms with E-state index in [2.05, 4.69) is 20.4 Å². The molecule has 0 amide bonds. The third-order valence-electron chi connectivity index (χ3n) is 6.17. The van der Waals surface area contributed by atoms with Gasteiger partial charge in [0, 0.05) is 0 Å². The van der Waals surface area contributed by atoms with E-state index < -0.39 is 46.7 Å². The Bertz CT molecular complexity index is 1730. The Balaban J connectivity index is 0.000000256. The molecule has 0 fully saturated rings. The average Bonchev–Trinajstić information content (AvgIpc) is 2.99. The molecule has 0 aliphatic rings. The quantitative estimate of drug-likeness (QED) is 0.107. The zero-order chi connectivity index (χ0) is 34.8. The molecule has 0 N–H and O–H groups in total. The van der Waals surface area contributed by atoms with Gasteiger partial charge in [0.15, 0.2) is 0 Å². The average molecular weight is 667 g/mol. The highest BCUT2D eigenvalue weighted by Gasteiger charge is 2.30. The Morgan fingerprint density at radius 3 is 1.15 bits per heavy atom. The molecule has 4 nitrogen and oxygen atoms in total. The summed E-state index contributed by atoms with van der Waals surface area (Å²) < 4.78 is 129. The summed E-state index contributed by atoms with van der Waals surface area (Å²) in [5.41, 5.74) is -0.495. The number of hydrogen-bond donors (Lipinski definition) is 0. The van der Waals surface area contributed by atoms with E-state index in [1.165, 1.54) is 48.8 Å². The summed E-state index contributed by atoms with van der Waals surface area (Å²) >= 11 is 0. The monoisotopic (exact) mass is 666 g/mol. The minimum Gasteiger partial charge on any atom is -0.206 e. The lowest BCUT2D eigenvalue weighted by Gasteiger charge is -2.05. The van der Waals surface area contributed by atoms with Crippen molar-refractivity contribution in [2.24, 2.45) is 20.4 Å². The van der Waals surface area contributed by atoms with Crippen molar-refractivity contribution in [2.75, 3.05) is 0 Å². The van der Waals surface area contributed by atoms with Crippen LogP contribution in [0.1, 0.15) is 51.4 Å². The van der Waals surface area contributed by atoms with Crippen molar-refractivity contribution in [2.45, 2.75) is 32.6 Å². The molecule has 47 heavy (non-hydrogen) atoms.